The molecule has 0 amide bonds. The zero-order valence-corrected chi connectivity index (χ0v) is 11.1. The molecular formula is C12H21NO2S. The highest BCUT2D eigenvalue weighted by Crippen LogP contribution is 2.30. The minimum atomic E-state index is 0.245. The number of rotatable bonds is 8. The zero-order chi connectivity index (χ0) is 11.8. The fourth-order valence-electron chi connectivity index (χ4n) is 1.51. The molecule has 0 aliphatic carbocycles. The normalized spacial score (nSPS) is 12.7. The van der Waals surface area contributed by atoms with E-state index in [0.717, 1.165) is 25.3 Å². The van der Waals surface area contributed by atoms with Crippen molar-refractivity contribution in [2.24, 2.45) is 0 Å². The van der Waals surface area contributed by atoms with Gasteiger partial charge in [-0.3, -0.25) is 0 Å². The molecule has 1 atom stereocenters. The molecule has 1 unspecified atom stereocenters. The molecule has 0 aliphatic heterocycles. The predicted molar refractivity (Wildman–Crippen MR) is 68.4 cm³/mol. The van der Waals surface area contributed by atoms with Crippen LogP contribution in [0, 0.1) is 0 Å². The van der Waals surface area contributed by atoms with Crippen molar-refractivity contribution in [1.29, 1.82) is 0 Å². The van der Waals surface area contributed by atoms with E-state index in [9.17, 15) is 0 Å². The van der Waals surface area contributed by atoms with Gasteiger partial charge in [0.2, 0.25) is 0 Å². The Hall–Kier alpha value is -0.580. The van der Waals surface area contributed by atoms with Gasteiger partial charge in [0.15, 0.2) is 0 Å². The van der Waals surface area contributed by atoms with E-state index in [0.29, 0.717) is 6.61 Å². The first-order valence-corrected chi connectivity index (χ1v) is 6.63. The Balaban J connectivity index is 2.66. The highest BCUT2D eigenvalue weighted by Gasteiger charge is 2.16. The maximum atomic E-state index is 5.50. The van der Waals surface area contributed by atoms with E-state index in [4.69, 9.17) is 9.47 Å². The summed E-state index contributed by atoms with van der Waals surface area (Å²) in [5.74, 6) is 0.957. The summed E-state index contributed by atoms with van der Waals surface area (Å²) in [6.07, 6.45) is 1.12. The minimum absolute atomic E-state index is 0.245. The van der Waals surface area contributed by atoms with Crippen molar-refractivity contribution in [3.8, 4) is 5.75 Å². The van der Waals surface area contributed by atoms with Gasteiger partial charge in [-0.1, -0.05) is 6.92 Å². The molecule has 1 aromatic heterocycles. The van der Waals surface area contributed by atoms with Gasteiger partial charge in [0.05, 0.1) is 24.6 Å². The van der Waals surface area contributed by atoms with E-state index in [1.54, 1.807) is 18.4 Å². The SMILES string of the molecule is CCCNC(COCC)c1sccc1OC. The molecule has 1 aromatic rings. The van der Waals surface area contributed by atoms with Gasteiger partial charge in [-0.15, -0.1) is 11.3 Å². The van der Waals surface area contributed by atoms with Gasteiger partial charge in [-0.25, -0.2) is 0 Å². The topological polar surface area (TPSA) is 30.5 Å². The van der Waals surface area contributed by atoms with Gasteiger partial charge in [-0.2, -0.15) is 0 Å². The molecular weight excluding hydrogens is 222 g/mol. The average molecular weight is 243 g/mol. The summed E-state index contributed by atoms with van der Waals surface area (Å²) in [5, 5.41) is 5.54. The molecule has 0 bridgehead atoms. The smallest absolute Gasteiger partial charge is 0.134 e. The summed E-state index contributed by atoms with van der Waals surface area (Å²) in [5.41, 5.74) is 0. The Kier molecular flexibility index (Phi) is 6.45. The molecule has 92 valence electrons. The molecule has 1 rings (SSSR count). The molecule has 0 aromatic carbocycles. The summed E-state index contributed by atoms with van der Waals surface area (Å²) in [6, 6.07) is 2.25. The molecule has 0 radical (unpaired) electrons. The Morgan fingerprint density at radius 1 is 1.44 bits per heavy atom. The van der Waals surface area contributed by atoms with Gasteiger partial charge < -0.3 is 14.8 Å². The predicted octanol–water partition coefficient (Wildman–Crippen LogP) is 2.83. The standard InChI is InChI=1S/C12H21NO2S/c1-4-7-13-10(9-15-5-2)12-11(14-3)6-8-16-12/h6,8,10,13H,4-5,7,9H2,1-3H3. The van der Waals surface area contributed by atoms with Gasteiger partial charge in [0, 0.05) is 6.61 Å². The summed E-state index contributed by atoms with van der Waals surface area (Å²) >= 11 is 1.72. The van der Waals surface area contributed by atoms with Crippen LogP contribution in [0.1, 0.15) is 31.2 Å². The lowest BCUT2D eigenvalue weighted by atomic mass is 10.2. The third-order valence-electron chi connectivity index (χ3n) is 2.32. The number of methoxy groups -OCH3 is 1. The number of hydrogen-bond donors (Lipinski definition) is 1. The van der Waals surface area contributed by atoms with Crippen molar-refractivity contribution in [1.82, 2.24) is 5.32 Å². The van der Waals surface area contributed by atoms with Crippen molar-refractivity contribution in [2.75, 3.05) is 26.9 Å². The molecule has 0 aliphatic rings. The third-order valence-corrected chi connectivity index (χ3v) is 3.33. The number of ether oxygens (including phenoxy) is 2. The van der Waals surface area contributed by atoms with E-state index in [1.807, 2.05) is 13.0 Å². The van der Waals surface area contributed by atoms with E-state index in [-0.39, 0.29) is 6.04 Å². The minimum Gasteiger partial charge on any atom is -0.496 e. The maximum absolute atomic E-state index is 5.50. The molecule has 1 N–H and O–H groups in total. The second-order valence-electron chi connectivity index (χ2n) is 3.52. The van der Waals surface area contributed by atoms with Crippen LogP contribution >= 0.6 is 11.3 Å². The Labute approximate surface area is 102 Å². The first-order valence-electron chi connectivity index (χ1n) is 5.75. The molecule has 4 heteroatoms. The highest BCUT2D eigenvalue weighted by molar-refractivity contribution is 7.10. The van der Waals surface area contributed by atoms with Crippen LogP contribution < -0.4 is 10.1 Å². The lowest BCUT2D eigenvalue weighted by molar-refractivity contribution is 0.123. The average Bonchev–Trinajstić information content (AvgIpc) is 2.77. The monoisotopic (exact) mass is 243 g/mol. The zero-order valence-electron chi connectivity index (χ0n) is 10.3. The first-order chi connectivity index (χ1) is 7.83. The number of thiophene rings is 1. The lowest BCUT2D eigenvalue weighted by Gasteiger charge is -2.18. The van der Waals surface area contributed by atoms with Crippen LogP contribution in [0.4, 0.5) is 0 Å². The quantitative estimate of drug-likeness (QED) is 0.761. The largest absolute Gasteiger partial charge is 0.496 e. The van der Waals surface area contributed by atoms with Gasteiger partial charge in [0.25, 0.3) is 0 Å². The third kappa shape index (κ3) is 3.77. The van der Waals surface area contributed by atoms with Crippen LogP contribution in [-0.2, 0) is 4.74 Å². The summed E-state index contributed by atoms with van der Waals surface area (Å²) in [4.78, 5) is 1.23. The van der Waals surface area contributed by atoms with Crippen LogP contribution in [0.25, 0.3) is 0 Å². The summed E-state index contributed by atoms with van der Waals surface area (Å²) in [7, 11) is 1.71. The molecule has 0 saturated carbocycles. The fourth-order valence-corrected chi connectivity index (χ4v) is 2.43. The Morgan fingerprint density at radius 3 is 2.88 bits per heavy atom. The molecule has 0 spiro atoms. The van der Waals surface area contributed by atoms with E-state index in [1.165, 1.54) is 4.88 Å². The van der Waals surface area contributed by atoms with E-state index in [2.05, 4.69) is 17.6 Å². The van der Waals surface area contributed by atoms with Crippen molar-refractivity contribution >= 4 is 11.3 Å². The molecule has 0 saturated heterocycles. The van der Waals surface area contributed by atoms with E-state index < -0.39 is 0 Å². The highest BCUT2D eigenvalue weighted by atomic mass is 32.1. The van der Waals surface area contributed by atoms with Crippen LogP contribution in [0.15, 0.2) is 11.4 Å². The lowest BCUT2D eigenvalue weighted by Crippen LogP contribution is -2.26. The van der Waals surface area contributed by atoms with Crippen molar-refractivity contribution in [2.45, 2.75) is 26.3 Å². The van der Waals surface area contributed by atoms with Gasteiger partial charge >= 0.3 is 0 Å². The second kappa shape index (κ2) is 7.65. The Bertz CT molecular complexity index is 280. The van der Waals surface area contributed by atoms with Crippen LogP contribution in [0.3, 0.4) is 0 Å². The molecule has 0 fully saturated rings. The summed E-state index contributed by atoms with van der Waals surface area (Å²) < 4.78 is 10.8. The van der Waals surface area contributed by atoms with Gasteiger partial charge in [-0.05, 0) is 31.3 Å². The number of nitrogens with one attached hydrogen (secondary N) is 1. The second-order valence-corrected chi connectivity index (χ2v) is 4.47. The maximum Gasteiger partial charge on any atom is 0.134 e. The van der Waals surface area contributed by atoms with Crippen LogP contribution in [-0.4, -0.2) is 26.9 Å². The van der Waals surface area contributed by atoms with Crippen LogP contribution in [0.5, 0.6) is 5.75 Å². The van der Waals surface area contributed by atoms with Gasteiger partial charge in [0.1, 0.15) is 5.75 Å². The molecule has 3 nitrogen and oxygen atoms in total. The Morgan fingerprint density at radius 2 is 2.25 bits per heavy atom. The molecule has 16 heavy (non-hydrogen) atoms. The van der Waals surface area contributed by atoms with E-state index >= 15 is 0 Å². The first kappa shape index (κ1) is 13.5. The molecule has 1 heterocycles. The van der Waals surface area contributed by atoms with Crippen molar-refractivity contribution in [3.63, 3.8) is 0 Å². The summed E-state index contributed by atoms with van der Waals surface area (Å²) in [6.45, 7) is 6.63. The van der Waals surface area contributed by atoms with Crippen molar-refractivity contribution in [3.05, 3.63) is 16.3 Å². The van der Waals surface area contributed by atoms with Crippen molar-refractivity contribution < 1.29 is 9.47 Å². The number of hydrogen-bond acceptors (Lipinski definition) is 4. The van der Waals surface area contributed by atoms with Crippen LogP contribution in [0.2, 0.25) is 0 Å². The fraction of sp³-hybridized carbons (Fsp3) is 0.667.